The van der Waals surface area contributed by atoms with Gasteiger partial charge in [-0.05, 0) is 26.0 Å². The Morgan fingerprint density at radius 2 is 2.05 bits per heavy atom. The van der Waals surface area contributed by atoms with E-state index in [1.54, 1.807) is 13.8 Å². The summed E-state index contributed by atoms with van der Waals surface area (Å²) in [5.74, 6) is -2.58. The van der Waals surface area contributed by atoms with Crippen LogP contribution in [0.5, 0.6) is 0 Å². The van der Waals surface area contributed by atoms with E-state index in [1.165, 1.54) is 4.90 Å². The molecule has 6 heteroatoms. The van der Waals surface area contributed by atoms with E-state index >= 15 is 0 Å². The third kappa shape index (κ3) is 2.30. The third-order valence-electron chi connectivity index (χ3n) is 3.26. The fourth-order valence-electron chi connectivity index (χ4n) is 2.06. The van der Waals surface area contributed by atoms with Gasteiger partial charge in [0.1, 0.15) is 17.2 Å². The van der Waals surface area contributed by atoms with Gasteiger partial charge in [0.2, 0.25) is 5.91 Å². The Morgan fingerprint density at radius 1 is 1.37 bits per heavy atom. The van der Waals surface area contributed by atoms with Crippen molar-refractivity contribution in [2.24, 2.45) is 0 Å². The predicted molar refractivity (Wildman–Crippen MR) is 64.5 cm³/mol. The highest BCUT2D eigenvalue weighted by atomic mass is 19.1. The molecule has 2 amide bonds. The van der Waals surface area contributed by atoms with E-state index in [-0.39, 0.29) is 18.0 Å². The topological polar surface area (TPSA) is 49.4 Å². The maximum atomic E-state index is 13.6. The van der Waals surface area contributed by atoms with E-state index in [2.05, 4.69) is 5.32 Å². The fourth-order valence-corrected chi connectivity index (χ4v) is 2.06. The van der Waals surface area contributed by atoms with Crippen molar-refractivity contribution in [2.45, 2.75) is 19.4 Å². The molecule has 0 aromatic heterocycles. The van der Waals surface area contributed by atoms with Crippen molar-refractivity contribution in [1.82, 2.24) is 10.2 Å². The van der Waals surface area contributed by atoms with Crippen molar-refractivity contribution in [3.63, 3.8) is 0 Å². The molecule has 19 heavy (non-hydrogen) atoms. The Labute approximate surface area is 109 Å². The largest absolute Gasteiger partial charge is 0.352 e. The van der Waals surface area contributed by atoms with Gasteiger partial charge in [-0.1, -0.05) is 0 Å². The number of halogens is 2. The number of carbonyl (C=O) groups excluding carboxylic acids is 2. The molecule has 1 fully saturated rings. The first kappa shape index (κ1) is 13.5. The van der Waals surface area contributed by atoms with Crippen LogP contribution in [0.3, 0.4) is 0 Å². The number of piperazine rings is 1. The minimum absolute atomic E-state index is 0.232. The first-order valence-corrected chi connectivity index (χ1v) is 5.89. The van der Waals surface area contributed by atoms with Gasteiger partial charge in [0.25, 0.3) is 5.91 Å². The average Bonchev–Trinajstić information content (AvgIpc) is 2.32. The van der Waals surface area contributed by atoms with Crippen LogP contribution in [0.25, 0.3) is 0 Å². The first-order valence-electron chi connectivity index (χ1n) is 5.89. The van der Waals surface area contributed by atoms with E-state index < -0.39 is 23.1 Å². The second kappa shape index (κ2) is 4.60. The molecule has 1 aliphatic heterocycles. The number of benzene rings is 1. The zero-order chi connectivity index (χ0) is 14.2. The van der Waals surface area contributed by atoms with Crippen LogP contribution in [-0.4, -0.2) is 35.3 Å². The third-order valence-corrected chi connectivity index (χ3v) is 3.26. The lowest BCUT2D eigenvalue weighted by Crippen LogP contribution is -2.63. The molecule has 0 saturated carbocycles. The van der Waals surface area contributed by atoms with Gasteiger partial charge >= 0.3 is 0 Å². The van der Waals surface area contributed by atoms with Crippen LogP contribution >= 0.6 is 0 Å². The van der Waals surface area contributed by atoms with Gasteiger partial charge in [0, 0.05) is 19.2 Å². The molecule has 2 rings (SSSR count). The maximum Gasteiger partial charge on any atom is 0.257 e. The van der Waals surface area contributed by atoms with Gasteiger partial charge in [-0.3, -0.25) is 9.59 Å². The molecule has 1 saturated heterocycles. The summed E-state index contributed by atoms with van der Waals surface area (Å²) in [6, 6.07) is 2.77. The lowest BCUT2D eigenvalue weighted by atomic mass is 9.97. The van der Waals surface area contributed by atoms with Crippen molar-refractivity contribution < 1.29 is 18.4 Å². The SMILES string of the molecule is CC1(C)C(=O)NCCN1C(=O)c1ccc(F)cc1F. The van der Waals surface area contributed by atoms with E-state index in [9.17, 15) is 18.4 Å². The van der Waals surface area contributed by atoms with Crippen LogP contribution in [0.15, 0.2) is 18.2 Å². The van der Waals surface area contributed by atoms with E-state index in [0.29, 0.717) is 12.6 Å². The average molecular weight is 268 g/mol. The number of hydrogen-bond donors (Lipinski definition) is 1. The van der Waals surface area contributed by atoms with Gasteiger partial charge in [0.05, 0.1) is 5.56 Å². The Balaban J connectivity index is 2.35. The molecule has 1 heterocycles. The smallest absolute Gasteiger partial charge is 0.257 e. The summed E-state index contributed by atoms with van der Waals surface area (Å²) in [4.78, 5) is 25.3. The standard InChI is InChI=1S/C13H14F2N2O2/c1-13(2)12(19)16-5-6-17(13)11(18)9-4-3-8(14)7-10(9)15/h3-4,7H,5-6H2,1-2H3,(H,16,19). The van der Waals surface area contributed by atoms with Crippen LogP contribution in [-0.2, 0) is 4.79 Å². The molecule has 4 nitrogen and oxygen atoms in total. The van der Waals surface area contributed by atoms with Crippen LogP contribution in [0.1, 0.15) is 24.2 Å². The van der Waals surface area contributed by atoms with Crippen LogP contribution in [0, 0.1) is 11.6 Å². The van der Waals surface area contributed by atoms with Crippen molar-refractivity contribution in [3.8, 4) is 0 Å². The Bertz CT molecular complexity index is 543. The van der Waals surface area contributed by atoms with E-state index in [1.807, 2.05) is 0 Å². The van der Waals surface area contributed by atoms with Crippen molar-refractivity contribution >= 4 is 11.8 Å². The van der Waals surface area contributed by atoms with Crippen molar-refractivity contribution in [2.75, 3.05) is 13.1 Å². The lowest BCUT2D eigenvalue weighted by molar-refractivity contribution is -0.133. The van der Waals surface area contributed by atoms with Crippen LogP contribution < -0.4 is 5.32 Å². The number of amides is 2. The van der Waals surface area contributed by atoms with E-state index in [0.717, 1.165) is 12.1 Å². The summed E-state index contributed by atoms with van der Waals surface area (Å²) in [5.41, 5.74) is -1.29. The van der Waals surface area contributed by atoms with Gasteiger partial charge in [-0.15, -0.1) is 0 Å². The van der Waals surface area contributed by atoms with Gasteiger partial charge in [-0.25, -0.2) is 8.78 Å². The molecule has 1 aromatic carbocycles. The van der Waals surface area contributed by atoms with Crippen molar-refractivity contribution in [1.29, 1.82) is 0 Å². The second-order valence-corrected chi connectivity index (χ2v) is 4.90. The number of rotatable bonds is 1. The van der Waals surface area contributed by atoms with Gasteiger partial charge in [0.15, 0.2) is 0 Å². The lowest BCUT2D eigenvalue weighted by Gasteiger charge is -2.41. The minimum Gasteiger partial charge on any atom is -0.352 e. The molecule has 0 radical (unpaired) electrons. The molecule has 0 bridgehead atoms. The number of hydrogen-bond acceptors (Lipinski definition) is 2. The monoisotopic (exact) mass is 268 g/mol. The Kier molecular flexibility index (Phi) is 3.26. The predicted octanol–water partition coefficient (Wildman–Crippen LogP) is 1.32. The highest BCUT2D eigenvalue weighted by Crippen LogP contribution is 2.22. The molecule has 0 unspecified atom stereocenters. The molecule has 1 aliphatic rings. The normalized spacial score (nSPS) is 18.1. The maximum absolute atomic E-state index is 13.6. The van der Waals surface area contributed by atoms with Crippen LogP contribution in [0.4, 0.5) is 8.78 Å². The molecule has 1 N–H and O–H groups in total. The fraction of sp³-hybridized carbons (Fsp3) is 0.385. The van der Waals surface area contributed by atoms with Crippen LogP contribution in [0.2, 0.25) is 0 Å². The van der Waals surface area contributed by atoms with Crippen molar-refractivity contribution in [3.05, 3.63) is 35.4 Å². The molecule has 102 valence electrons. The molecular formula is C13H14F2N2O2. The quantitative estimate of drug-likeness (QED) is 0.835. The highest BCUT2D eigenvalue weighted by Gasteiger charge is 2.41. The molecule has 0 atom stereocenters. The highest BCUT2D eigenvalue weighted by molar-refractivity contribution is 5.99. The van der Waals surface area contributed by atoms with Gasteiger partial charge in [-0.2, -0.15) is 0 Å². The van der Waals surface area contributed by atoms with E-state index in [4.69, 9.17) is 0 Å². The zero-order valence-electron chi connectivity index (χ0n) is 10.7. The molecule has 0 spiro atoms. The second-order valence-electron chi connectivity index (χ2n) is 4.90. The summed E-state index contributed by atoms with van der Waals surface area (Å²) in [5, 5.41) is 2.65. The molecule has 1 aromatic rings. The van der Waals surface area contributed by atoms with Gasteiger partial charge < -0.3 is 10.2 Å². The Hall–Kier alpha value is -1.98. The summed E-state index contributed by atoms with van der Waals surface area (Å²) in [6.07, 6.45) is 0. The number of carbonyl (C=O) groups is 2. The number of nitrogens with one attached hydrogen (secondary N) is 1. The summed E-state index contributed by atoms with van der Waals surface area (Å²) >= 11 is 0. The summed E-state index contributed by atoms with van der Waals surface area (Å²) < 4.78 is 26.5. The summed E-state index contributed by atoms with van der Waals surface area (Å²) in [6.45, 7) is 3.77. The minimum atomic E-state index is -1.06. The zero-order valence-corrected chi connectivity index (χ0v) is 10.7. The summed E-state index contributed by atoms with van der Waals surface area (Å²) in [7, 11) is 0. The molecule has 0 aliphatic carbocycles. The molecular weight excluding hydrogens is 254 g/mol. The Morgan fingerprint density at radius 3 is 2.68 bits per heavy atom. The number of nitrogens with zero attached hydrogens (tertiary/aromatic N) is 1. The first-order chi connectivity index (χ1) is 8.84.